The van der Waals surface area contributed by atoms with Gasteiger partial charge in [-0.25, -0.2) is 14.7 Å². The number of nitrogens with one attached hydrogen (secondary N) is 3. The van der Waals surface area contributed by atoms with Gasteiger partial charge in [-0.1, -0.05) is 24.6 Å². The number of carbonyl (C=O) groups excluding carboxylic acids is 2. The molecule has 1 aromatic rings. The number of nitrogens with zero attached hydrogens (tertiary/aromatic N) is 2. The molecule has 1 atom stereocenters. The molecule has 9 heteroatoms. The monoisotopic (exact) mass is 339 g/mol. The van der Waals surface area contributed by atoms with Gasteiger partial charge in [-0.2, -0.15) is 0 Å². The third-order valence-electron chi connectivity index (χ3n) is 4.16. The molecule has 1 aromatic heterocycles. The highest BCUT2D eigenvalue weighted by Gasteiger charge is 2.30. The lowest BCUT2D eigenvalue weighted by atomic mass is 10.2. The van der Waals surface area contributed by atoms with Gasteiger partial charge in [0.25, 0.3) is 0 Å². The lowest BCUT2D eigenvalue weighted by Gasteiger charge is -2.14. The molecule has 0 radical (unpaired) electrons. The van der Waals surface area contributed by atoms with Crippen LogP contribution in [-0.2, 0) is 4.79 Å². The number of urea groups is 1. The molecule has 3 rings (SSSR count). The molecule has 3 amide bonds. The van der Waals surface area contributed by atoms with Crippen LogP contribution in [0.2, 0.25) is 0 Å². The van der Waals surface area contributed by atoms with Crippen molar-refractivity contribution in [1.82, 2.24) is 25.4 Å². The maximum Gasteiger partial charge on any atom is 0.344 e. The SMILES string of the molecule is C[C@H](Sc1n[nH]c(=O)n1C1CC1)C(=O)NC(=O)NC1CCCC1. The first kappa shape index (κ1) is 16.1. The molecule has 0 spiro atoms. The van der Waals surface area contributed by atoms with Crippen LogP contribution in [-0.4, -0.2) is 38.0 Å². The topological polar surface area (TPSA) is 109 Å². The smallest absolute Gasteiger partial charge is 0.335 e. The van der Waals surface area contributed by atoms with Crippen LogP contribution in [0.4, 0.5) is 4.79 Å². The Morgan fingerprint density at radius 3 is 2.65 bits per heavy atom. The summed E-state index contributed by atoms with van der Waals surface area (Å²) >= 11 is 1.18. The summed E-state index contributed by atoms with van der Waals surface area (Å²) in [4.78, 5) is 35.7. The van der Waals surface area contributed by atoms with Gasteiger partial charge < -0.3 is 5.32 Å². The predicted molar refractivity (Wildman–Crippen MR) is 85.4 cm³/mol. The number of carbonyl (C=O) groups is 2. The largest absolute Gasteiger partial charge is 0.344 e. The van der Waals surface area contributed by atoms with E-state index in [-0.39, 0.29) is 23.7 Å². The predicted octanol–water partition coefficient (Wildman–Crippen LogP) is 1.16. The molecule has 0 aromatic carbocycles. The summed E-state index contributed by atoms with van der Waals surface area (Å²) in [5, 5.41) is 11.5. The van der Waals surface area contributed by atoms with Gasteiger partial charge in [0.15, 0.2) is 5.16 Å². The fourth-order valence-electron chi connectivity index (χ4n) is 2.74. The number of rotatable bonds is 5. The highest BCUT2D eigenvalue weighted by atomic mass is 32.2. The fourth-order valence-corrected chi connectivity index (χ4v) is 3.67. The van der Waals surface area contributed by atoms with Gasteiger partial charge in [0.05, 0.1) is 5.25 Å². The first-order valence-electron chi connectivity index (χ1n) is 7.99. The van der Waals surface area contributed by atoms with Gasteiger partial charge in [0.2, 0.25) is 5.91 Å². The second-order valence-corrected chi connectivity index (χ2v) is 7.42. The van der Waals surface area contributed by atoms with E-state index < -0.39 is 11.3 Å². The van der Waals surface area contributed by atoms with Crippen molar-refractivity contribution in [2.45, 2.75) is 67.9 Å². The maximum absolute atomic E-state index is 12.1. The summed E-state index contributed by atoms with van der Waals surface area (Å²) in [5.41, 5.74) is -0.249. The molecule has 23 heavy (non-hydrogen) atoms. The van der Waals surface area contributed by atoms with Crippen LogP contribution in [0.25, 0.3) is 0 Å². The van der Waals surface area contributed by atoms with E-state index in [0.29, 0.717) is 5.16 Å². The second kappa shape index (κ2) is 6.77. The van der Waals surface area contributed by atoms with E-state index in [4.69, 9.17) is 0 Å². The summed E-state index contributed by atoms with van der Waals surface area (Å²) in [7, 11) is 0. The summed E-state index contributed by atoms with van der Waals surface area (Å²) in [6.07, 6.45) is 6.07. The summed E-state index contributed by atoms with van der Waals surface area (Å²) in [5.74, 6) is -0.386. The van der Waals surface area contributed by atoms with Crippen LogP contribution < -0.4 is 16.3 Å². The first-order valence-corrected chi connectivity index (χ1v) is 8.87. The fraction of sp³-hybridized carbons (Fsp3) is 0.714. The number of aromatic amines is 1. The standard InChI is InChI=1S/C14H21N5O3S/c1-8(11(20)16-12(21)15-9-4-2-3-5-9)23-14-18-17-13(22)19(14)10-6-7-10/h8-10H,2-7H2,1H3,(H,17,22)(H2,15,16,20,21)/t8-/m0/s1. The van der Waals surface area contributed by atoms with Crippen LogP contribution in [0, 0.1) is 0 Å². The van der Waals surface area contributed by atoms with E-state index in [1.807, 2.05) is 0 Å². The molecule has 8 nitrogen and oxygen atoms in total. The Morgan fingerprint density at radius 1 is 1.30 bits per heavy atom. The molecular weight excluding hydrogens is 318 g/mol. The van der Waals surface area contributed by atoms with Crippen molar-refractivity contribution in [1.29, 1.82) is 0 Å². The highest BCUT2D eigenvalue weighted by molar-refractivity contribution is 8.00. The zero-order valence-electron chi connectivity index (χ0n) is 13.0. The van der Waals surface area contributed by atoms with E-state index in [9.17, 15) is 14.4 Å². The van der Waals surface area contributed by atoms with Gasteiger partial charge in [-0.3, -0.25) is 14.7 Å². The van der Waals surface area contributed by atoms with E-state index >= 15 is 0 Å². The molecule has 0 aliphatic heterocycles. The van der Waals surface area contributed by atoms with Crippen LogP contribution >= 0.6 is 11.8 Å². The van der Waals surface area contributed by atoms with Crippen molar-refractivity contribution in [2.24, 2.45) is 0 Å². The van der Waals surface area contributed by atoms with Gasteiger partial charge in [0.1, 0.15) is 0 Å². The van der Waals surface area contributed by atoms with Crippen molar-refractivity contribution in [3.05, 3.63) is 10.5 Å². The van der Waals surface area contributed by atoms with Crippen LogP contribution in [0.3, 0.4) is 0 Å². The molecule has 2 fully saturated rings. The van der Waals surface area contributed by atoms with Gasteiger partial charge >= 0.3 is 11.7 Å². The summed E-state index contributed by atoms with van der Waals surface area (Å²) < 4.78 is 1.59. The third-order valence-corrected chi connectivity index (χ3v) is 5.23. The average Bonchev–Trinajstić information content (AvgIpc) is 3.08. The van der Waals surface area contributed by atoms with Crippen LogP contribution in [0.5, 0.6) is 0 Å². The summed E-state index contributed by atoms with van der Waals surface area (Å²) in [6.45, 7) is 1.69. The maximum atomic E-state index is 12.1. The zero-order valence-corrected chi connectivity index (χ0v) is 13.8. The van der Waals surface area contributed by atoms with Crippen LogP contribution in [0.15, 0.2) is 9.95 Å². The number of amides is 3. The second-order valence-electron chi connectivity index (χ2n) is 6.12. The number of aromatic nitrogens is 3. The highest BCUT2D eigenvalue weighted by Crippen LogP contribution is 2.36. The molecule has 2 aliphatic rings. The van der Waals surface area contributed by atoms with Gasteiger partial charge in [-0.15, -0.1) is 5.10 Å². The van der Waals surface area contributed by atoms with Crippen molar-refractivity contribution in [3.8, 4) is 0 Å². The van der Waals surface area contributed by atoms with E-state index in [1.165, 1.54) is 11.8 Å². The Hall–Kier alpha value is -1.77. The third kappa shape index (κ3) is 3.95. The minimum Gasteiger partial charge on any atom is -0.335 e. The molecule has 126 valence electrons. The molecular formula is C14H21N5O3S. The number of thioether (sulfide) groups is 1. The van der Waals surface area contributed by atoms with Crippen molar-refractivity contribution >= 4 is 23.7 Å². The van der Waals surface area contributed by atoms with E-state index in [0.717, 1.165) is 38.5 Å². The number of hydrogen-bond donors (Lipinski definition) is 3. The first-order chi connectivity index (χ1) is 11.0. The average molecular weight is 339 g/mol. The molecule has 0 unspecified atom stereocenters. The minimum absolute atomic E-state index is 0.164. The Bertz CT molecular complexity index is 645. The number of hydrogen-bond acceptors (Lipinski definition) is 5. The van der Waals surface area contributed by atoms with Gasteiger partial charge in [0, 0.05) is 12.1 Å². The molecule has 3 N–H and O–H groups in total. The Balaban J connectivity index is 1.53. The minimum atomic E-state index is -0.517. The summed E-state index contributed by atoms with van der Waals surface area (Å²) in [6, 6.07) is -0.0993. The Labute approximate surface area is 137 Å². The van der Waals surface area contributed by atoms with E-state index in [2.05, 4.69) is 20.8 Å². The zero-order chi connectivity index (χ0) is 16.4. The molecule has 0 bridgehead atoms. The Morgan fingerprint density at radius 2 is 2.00 bits per heavy atom. The normalized spacial score (nSPS) is 19.5. The van der Waals surface area contributed by atoms with Crippen LogP contribution in [0.1, 0.15) is 51.5 Å². The quantitative estimate of drug-likeness (QED) is 0.697. The molecule has 2 aliphatic carbocycles. The number of imide groups is 1. The Kier molecular flexibility index (Phi) is 4.74. The van der Waals surface area contributed by atoms with Crippen molar-refractivity contribution in [2.75, 3.05) is 0 Å². The van der Waals surface area contributed by atoms with E-state index in [1.54, 1.807) is 11.5 Å². The van der Waals surface area contributed by atoms with Crippen molar-refractivity contribution in [3.63, 3.8) is 0 Å². The lowest BCUT2D eigenvalue weighted by molar-refractivity contribution is -0.119. The van der Waals surface area contributed by atoms with Crippen molar-refractivity contribution < 1.29 is 9.59 Å². The molecule has 0 saturated heterocycles. The lowest BCUT2D eigenvalue weighted by Crippen LogP contribution is -2.46. The molecule has 2 saturated carbocycles. The number of H-pyrrole nitrogens is 1. The molecule has 1 heterocycles. The van der Waals surface area contributed by atoms with Gasteiger partial charge in [-0.05, 0) is 32.6 Å².